The van der Waals surface area contributed by atoms with Crippen LogP contribution in [0.5, 0.6) is 0 Å². The van der Waals surface area contributed by atoms with Crippen LogP contribution in [0.15, 0.2) is 18.5 Å². The molecular formula is C15H19NO4. The molecule has 5 nitrogen and oxygen atoms in total. The highest BCUT2D eigenvalue weighted by molar-refractivity contribution is 6.09. The van der Waals surface area contributed by atoms with Crippen molar-refractivity contribution in [3.8, 4) is 0 Å². The van der Waals surface area contributed by atoms with Crippen LogP contribution in [0.3, 0.4) is 0 Å². The van der Waals surface area contributed by atoms with Gasteiger partial charge in [0.15, 0.2) is 5.78 Å². The molecular weight excluding hydrogens is 258 g/mol. The molecule has 0 spiro atoms. The zero-order valence-electron chi connectivity index (χ0n) is 12.0. The standard InChI is InChI=1S/C15H19NO4/c1-4-20-15(19)12(6-5-11(3)17)14(18)13-9-16-8-7-10(13)2/h7-9,12H,4-6H2,1-3H3. The highest BCUT2D eigenvalue weighted by Crippen LogP contribution is 2.18. The molecule has 1 atom stereocenters. The number of aromatic nitrogens is 1. The quantitative estimate of drug-likeness (QED) is 0.433. The Balaban J connectivity index is 2.97. The van der Waals surface area contributed by atoms with E-state index in [1.165, 1.54) is 13.1 Å². The van der Waals surface area contributed by atoms with Crippen molar-refractivity contribution in [2.24, 2.45) is 5.92 Å². The third-order valence-electron chi connectivity index (χ3n) is 2.98. The summed E-state index contributed by atoms with van der Waals surface area (Å²) in [5.41, 5.74) is 1.15. The van der Waals surface area contributed by atoms with Crippen LogP contribution in [0, 0.1) is 12.8 Å². The number of carbonyl (C=O) groups is 3. The number of rotatable bonds is 7. The number of hydrogen-bond acceptors (Lipinski definition) is 5. The van der Waals surface area contributed by atoms with Crippen molar-refractivity contribution < 1.29 is 19.1 Å². The Labute approximate surface area is 118 Å². The van der Waals surface area contributed by atoms with E-state index in [2.05, 4.69) is 4.98 Å². The Kier molecular flexibility index (Phi) is 6.03. The maximum atomic E-state index is 12.4. The maximum Gasteiger partial charge on any atom is 0.316 e. The minimum atomic E-state index is -0.943. The lowest BCUT2D eigenvalue weighted by Crippen LogP contribution is -2.27. The van der Waals surface area contributed by atoms with Crippen molar-refractivity contribution >= 4 is 17.5 Å². The lowest BCUT2D eigenvalue weighted by Gasteiger charge is -2.14. The molecule has 1 aromatic heterocycles. The third kappa shape index (κ3) is 4.26. The van der Waals surface area contributed by atoms with Gasteiger partial charge in [-0.3, -0.25) is 14.6 Å². The minimum Gasteiger partial charge on any atom is -0.465 e. The van der Waals surface area contributed by atoms with Crippen LogP contribution in [-0.4, -0.2) is 29.1 Å². The van der Waals surface area contributed by atoms with Gasteiger partial charge in [0, 0.05) is 24.4 Å². The summed E-state index contributed by atoms with van der Waals surface area (Å²) in [5.74, 6) is -1.92. The summed E-state index contributed by atoms with van der Waals surface area (Å²) >= 11 is 0. The Morgan fingerprint density at radius 1 is 1.35 bits per heavy atom. The van der Waals surface area contributed by atoms with Gasteiger partial charge in [0.2, 0.25) is 0 Å². The summed E-state index contributed by atoms with van der Waals surface area (Å²) in [4.78, 5) is 39.3. The van der Waals surface area contributed by atoms with E-state index in [-0.39, 0.29) is 31.0 Å². The van der Waals surface area contributed by atoms with Crippen LogP contribution in [0.1, 0.15) is 42.6 Å². The summed E-state index contributed by atoms with van der Waals surface area (Å²) in [6, 6.07) is 1.71. The topological polar surface area (TPSA) is 73.3 Å². The van der Waals surface area contributed by atoms with E-state index < -0.39 is 11.9 Å². The van der Waals surface area contributed by atoms with E-state index in [0.29, 0.717) is 5.56 Å². The monoisotopic (exact) mass is 277 g/mol. The van der Waals surface area contributed by atoms with E-state index in [1.54, 1.807) is 26.1 Å². The smallest absolute Gasteiger partial charge is 0.316 e. The second kappa shape index (κ2) is 7.53. The summed E-state index contributed by atoms with van der Waals surface area (Å²) in [7, 11) is 0. The Bertz CT molecular complexity index is 510. The van der Waals surface area contributed by atoms with Gasteiger partial charge in [-0.25, -0.2) is 0 Å². The van der Waals surface area contributed by atoms with Gasteiger partial charge in [0.1, 0.15) is 11.7 Å². The predicted molar refractivity (Wildman–Crippen MR) is 73.3 cm³/mol. The number of nitrogens with zero attached hydrogens (tertiary/aromatic N) is 1. The Hall–Kier alpha value is -2.04. The molecule has 0 aliphatic heterocycles. The summed E-state index contributed by atoms with van der Waals surface area (Å²) in [5, 5.41) is 0. The van der Waals surface area contributed by atoms with Gasteiger partial charge in [-0.05, 0) is 38.8 Å². The molecule has 1 unspecified atom stereocenters. The zero-order valence-corrected chi connectivity index (χ0v) is 12.0. The first-order valence-corrected chi connectivity index (χ1v) is 6.58. The van der Waals surface area contributed by atoms with Crippen molar-refractivity contribution in [2.75, 3.05) is 6.61 Å². The molecule has 20 heavy (non-hydrogen) atoms. The van der Waals surface area contributed by atoms with Crippen LogP contribution in [0.25, 0.3) is 0 Å². The molecule has 0 fully saturated rings. The molecule has 0 saturated carbocycles. The highest BCUT2D eigenvalue weighted by atomic mass is 16.5. The van der Waals surface area contributed by atoms with Crippen LogP contribution < -0.4 is 0 Å². The molecule has 0 aliphatic rings. The molecule has 1 rings (SSSR count). The molecule has 108 valence electrons. The number of pyridine rings is 1. The fourth-order valence-corrected chi connectivity index (χ4v) is 1.86. The van der Waals surface area contributed by atoms with Crippen molar-refractivity contribution in [3.63, 3.8) is 0 Å². The first-order valence-electron chi connectivity index (χ1n) is 6.58. The number of hydrogen-bond donors (Lipinski definition) is 0. The van der Waals surface area contributed by atoms with E-state index in [4.69, 9.17) is 4.74 Å². The van der Waals surface area contributed by atoms with Crippen LogP contribution >= 0.6 is 0 Å². The van der Waals surface area contributed by atoms with E-state index in [1.807, 2.05) is 0 Å². The van der Waals surface area contributed by atoms with E-state index >= 15 is 0 Å². The second-order valence-electron chi connectivity index (χ2n) is 4.60. The van der Waals surface area contributed by atoms with Gasteiger partial charge in [-0.2, -0.15) is 0 Å². The average Bonchev–Trinajstić information content (AvgIpc) is 2.39. The zero-order chi connectivity index (χ0) is 15.1. The van der Waals surface area contributed by atoms with Crippen molar-refractivity contribution in [1.29, 1.82) is 0 Å². The highest BCUT2D eigenvalue weighted by Gasteiger charge is 2.29. The molecule has 0 aliphatic carbocycles. The van der Waals surface area contributed by atoms with Gasteiger partial charge in [-0.15, -0.1) is 0 Å². The largest absolute Gasteiger partial charge is 0.465 e. The van der Waals surface area contributed by atoms with E-state index in [0.717, 1.165) is 5.56 Å². The first-order chi connectivity index (χ1) is 9.47. The van der Waals surface area contributed by atoms with Crippen molar-refractivity contribution in [2.45, 2.75) is 33.6 Å². The number of Topliss-reactive ketones (excluding diaryl/α,β-unsaturated/α-hetero) is 2. The number of esters is 1. The SMILES string of the molecule is CCOC(=O)C(CCC(C)=O)C(=O)c1cnccc1C. The first kappa shape index (κ1) is 16.0. The van der Waals surface area contributed by atoms with E-state index in [9.17, 15) is 14.4 Å². The summed E-state index contributed by atoms with van der Waals surface area (Å²) in [6.07, 6.45) is 3.37. The normalized spacial score (nSPS) is 11.8. The lowest BCUT2D eigenvalue weighted by atomic mass is 9.91. The lowest BCUT2D eigenvalue weighted by molar-refractivity contribution is -0.146. The number of ether oxygens (including phenoxy) is 1. The second-order valence-corrected chi connectivity index (χ2v) is 4.60. The number of aryl methyl sites for hydroxylation is 1. The predicted octanol–water partition coefficient (Wildman–Crippen LogP) is 2.12. The van der Waals surface area contributed by atoms with Gasteiger partial charge in [-0.1, -0.05) is 0 Å². The number of carbonyl (C=O) groups excluding carboxylic acids is 3. The number of ketones is 2. The molecule has 0 aromatic carbocycles. The van der Waals surface area contributed by atoms with Gasteiger partial charge in [0.25, 0.3) is 0 Å². The molecule has 0 amide bonds. The fourth-order valence-electron chi connectivity index (χ4n) is 1.86. The molecule has 0 saturated heterocycles. The van der Waals surface area contributed by atoms with Crippen LogP contribution in [0.2, 0.25) is 0 Å². The summed E-state index contributed by atoms with van der Waals surface area (Å²) in [6.45, 7) is 5.10. The summed E-state index contributed by atoms with van der Waals surface area (Å²) < 4.78 is 4.93. The Morgan fingerprint density at radius 2 is 2.05 bits per heavy atom. The van der Waals surface area contributed by atoms with Crippen LogP contribution in [-0.2, 0) is 14.3 Å². The molecule has 0 N–H and O–H groups in total. The maximum absolute atomic E-state index is 12.4. The molecule has 1 heterocycles. The Morgan fingerprint density at radius 3 is 2.60 bits per heavy atom. The van der Waals surface area contributed by atoms with Crippen molar-refractivity contribution in [1.82, 2.24) is 4.98 Å². The molecule has 1 aromatic rings. The molecule has 0 bridgehead atoms. The third-order valence-corrected chi connectivity index (χ3v) is 2.98. The average molecular weight is 277 g/mol. The van der Waals surface area contributed by atoms with Gasteiger partial charge < -0.3 is 9.53 Å². The molecule has 0 radical (unpaired) electrons. The van der Waals surface area contributed by atoms with Gasteiger partial charge >= 0.3 is 5.97 Å². The van der Waals surface area contributed by atoms with Crippen LogP contribution in [0.4, 0.5) is 0 Å². The molecule has 5 heteroatoms. The van der Waals surface area contributed by atoms with Gasteiger partial charge in [0.05, 0.1) is 6.61 Å². The van der Waals surface area contributed by atoms with Crippen molar-refractivity contribution in [3.05, 3.63) is 29.6 Å². The minimum absolute atomic E-state index is 0.0602. The fraction of sp³-hybridized carbons (Fsp3) is 0.467.